The summed E-state index contributed by atoms with van der Waals surface area (Å²) in [5.41, 5.74) is 4.15. The Hall–Kier alpha value is -2.53. The van der Waals surface area contributed by atoms with Gasteiger partial charge in [0.05, 0.1) is 0 Å². The Balaban J connectivity index is 1.94. The lowest BCUT2D eigenvalue weighted by Gasteiger charge is -2.12. The van der Waals surface area contributed by atoms with Crippen LogP contribution in [-0.2, 0) is 4.79 Å². The third kappa shape index (κ3) is 5.59. The Labute approximate surface area is 147 Å². The zero-order valence-electron chi connectivity index (χ0n) is 13.9. The van der Waals surface area contributed by atoms with Crippen LogP contribution < -0.4 is 10.0 Å². The largest absolute Gasteiger partial charge is 0.327 e. The van der Waals surface area contributed by atoms with Gasteiger partial charge in [0, 0.05) is 42.1 Å². The fourth-order valence-electron chi connectivity index (χ4n) is 2.11. The molecular weight excluding hydrogens is 318 g/mol. The van der Waals surface area contributed by atoms with Crippen molar-refractivity contribution in [2.75, 3.05) is 0 Å². The highest BCUT2D eigenvalue weighted by Gasteiger charge is 2.10. The molecule has 2 rings (SSSR count). The number of allylic oxidation sites excluding steroid dienone is 9. The lowest BCUT2D eigenvalue weighted by atomic mass is 10.1. The lowest BCUT2D eigenvalue weighted by Crippen LogP contribution is -2.17. The highest BCUT2D eigenvalue weighted by atomic mass is 32.2. The molecule has 4 nitrogen and oxygen atoms in total. The van der Waals surface area contributed by atoms with Crippen molar-refractivity contribution >= 4 is 24.1 Å². The molecule has 0 spiro atoms. The smallest absolute Gasteiger partial charge is 0.221 e. The van der Waals surface area contributed by atoms with E-state index in [0.717, 1.165) is 22.7 Å². The molecule has 0 saturated carbocycles. The molecule has 0 radical (unpaired) electrons. The maximum Gasteiger partial charge on any atom is 0.221 e. The fourth-order valence-corrected chi connectivity index (χ4v) is 2.68. The lowest BCUT2D eigenvalue weighted by molar-refractivity contribution is -0.118. The Morgan fingerprint density at radius 2 is 2.21 bits per heavy atom. The molecule has 1 aliphatic carbocycles. The molecule has 2 aliphatic rings. The third-order valence-corrected chi connectivity index (χ3v) is 4.01. The van der Waals surface area contributed by atoms with Crippen LogP contribution in [-0.4, -0.2) is 12.1 Å². The van der Waals surface area contributed by atoms with E-state index in [4.69, 9.17) is 0 Å². The molecule has 124 valence electrons. The molecule has 2 N–H and O–H groups in total. The molecule has 24 heavy (non-hydrogen) atoms. The maximum absolute atomic E-state index is 11.1. The van der Waals surface area contributed by atoms with Crippen LogP contribution in [0.1, 0.15) is 20.3 Å². The predicted octanol–water partition coefficient (Wildman–Crippen LogP) is 4.07. The summed E-state index contributed by atoms with van der Waals surface area (Å²) in [4.78, 5) is 16.2. The minimum absolute atomic E-state index is 0.0923. The van der Waals surface area contributed by atoms with E-state index in [-0.39, 0.29) is 5.91 Å². The first kappa shape index (κ1) is 17.8. The monoisotopic (exact) mass is 339 g/mol. The second kappa shape index (κ2) is 8.93. The van der Waals surface area contributed by atoms with Gasteiger partial charge >= 0.3 is 0 Å². The first-order valence-electron chi connectivity index (χ1n) is 7.62. The van der Waals surface area contributed by atoms with Gasteiger partial charge in [0.25, 0.3) is 0 Å². The molecule has 0 fully saturated rings. The van der Waals surface area contributed by atoms with Crippen LogP contribution in [0.4, 0.5) is 0 Å². The Morgan fingerprint density at radius 1 is 1.38 bits per heavy atom. The molecule has 0 atom stereocenters. The number of amides is 1. The summed E-state index contributed by atoms with van der Waals surface area (Å²) in [6, 6.07) is 0. The second-order valence-electron chi connectivity index (χ2n) is 5.24. The summed E-state index contributed by atoms with van der Waals surface area (Å²) in [6.07, 6.45) is 18.2. The first-order chi connectivity index (χ1) is 11.6. The highest BCUT2D eigenvalue weighted by molar-refractivity contribution is 8.01. The normalized spacial score (nSPS) is 16.8. The zero-order chi connectivity index (χ0) is 17.4. The molecule has 2 bridgehead atoms. The minimum atomic E-state index is -0.0923. The van der Waals surface area contributed by atoms with Gasteiger partial charge in [0.1, 0.15) is 0 Å². The Bertz CT molecular complexity index is 734. The molecule has 1 heterocycles. The maximum atomic E-state index is 11.1. The number of hydrogen-bond donors (Lipinski definition) is 2. The first-order valence-corrected chi connectivity index (χ1v) is 8.44. The number of nitrogens with one attached hydrogen (secondary N) is 2. The van der Waals surface area contributed by atoms with E-state index in [1.54, 1.807) is 0 Å². The van der Waals surface area contributed by atoms with Gasteiger partial charge in [-0.3, -0.25) is 9.79 Å². The molecule has 0 saturated heterocycles. The van der Waals surface area contributed by atoms with E-state index in [1.165, 1.54) is 30.0 Å². The van der Waals surface area contributed by atoms with Crippen LogP contribution in [0.3, 0.4) is 0 Å². The van der Waals surface area contributed by atoms with Crippen LogP contribution in [0, 0.1) is 0 Å². The minimum Gasteiger partial charge on any atom is -0.327 e. The molecule has 0 unspecified atom stereocenters. The van der Waals surface area contributed by atoms with Crippen molar-refractivity contribution in [3.05, 3.63) is 82.8 Å². The number of nitrogens with zero attached hydrogens (tertiary/aromatic N) is 1. The van der Waals surface area contributed by atoms with Crippen molar-refractivity contribution < 1.29 is 4.79 Å². The van der Waals surface area contributed by atoms with E-state index >= 15 is 0 Å². The van der Waals surface area contributed by atoms with Crippen LogP contribution in [0.2, 0.25) is 0 Å². The topological polar surface area (TPSA) is 53.5 Å². The number of rotatable bonds is 6. The van der Waals surface area contributed by atoms with Crippen LogP contribution in [0.15, 0.2) is 87.7 Å². The molecule has 5 heteroatoms. The van der Waals surface area contributed by atoms with Crippen molar-refractivity contribution in [3.8, 4) is 0 Å². The molecule has 1 amide bonds. The zero-order valence-corrected chi connectivity index (χ0v) is 14.7. The van der Waals surface area contributed by atoms with Gasteiger partial charge in [-0.15, -0.1) is 0 Å². The van der Waals surface area contributed by atoms with Gasteiger partial charge in [-0.25, -0.2) is 0 Å². The quantitative estimate of drug-likeness (QED) is 0.566. The number of carbonyl (C=O) groups excluding carboxylic acids is 1. The van der Waals surface area contributed by atoms with E-state index in [9.17, 15) is 4.79 Å². The van der Waals surface area contributed by atoms with Crippen LogP contribution >= 0.6 is 11.9 Å². The Kier molecular flexibility index (Phi) is 6.63. The summed E-state index contributed by atoms with van der Waals surface area (Å²) in [6.45, 7) is 7.38. The van der Waals surface area contributed by atoms with Crippen molar-refractivity contribution in [3.63, 3.8) is 0 Å². The molecular formula is C19H21N3OS. The van der Waals surface area contributed by atoms with Gasteiger partial charge in [-0.05, 0) is 54.3 Å². The van der Waals surface area contributed by atoms with Crippen molar-refractivity contribution in [1.29, 1.82) is 0 Å². The van der Waals surface area contributed by atoms with Crippen LogP contribution in [0.5, 0.6) is 0 Å². The Morgan fingerprint density at radius 3 is 2.96 bits per heavy atom. The summed E-state index contributed by atoms with van der Waals surface area (Å²) >= 11 is 1.44. The SMILES string of the molecule is C=C(/C=C\C(=C/C)NC(C)=O)SNC1=CC=CC2=CN=CC=C1C2. The van der Waals surface area contributed by atoms with Gasteiger partial charge in [-0.1, -0.05) is 24.8 Å². The van der Waals surface area contributed by atoms with Gasteiger partial charge < -0.3 is 10.0 Å². The molecule has 1 aliphatic heterocycles. The highest BCUT2D eigenvalue weighted by Crippen LogP contribution is 2.26. The van der Waals surface area contributed by atoms with Crippen molar-refractivity contribution in [2.24, 2.45) is 4.99 Å². The summed E-state index contributed by atoms with van der Waals surface area (Å²) in [5, 5.41) is 2.75. The van der Waals surface area contributed by atoms with E-state index in [2.05, 4.69) is 27.7 Å². The standard InChI is InChI=1S/C19H21N3OS/c1-4-18(21-15(3)23)9-8-14(2)24-22-19-7-5-6-16-12-17(19)10-11-20-13-16/h4-11,13,22H,2,12H2,1,3H3,(H,21,23)/b9-8-,18-4+. The molecule has 0 aromatic carbocycles. The summed E-state index contributed by atoms with van der Waals surface area (Å²) in [7, 11) is 0. The number of carbonyl (C=O) groups is 1. The summed E-state index contributed by atoms with van der Waals surface area (Å²) < 4.78 is 3.34. The van der Waals surface area contributed by atoms with E-state index in [1.807, 2.05) is 55.8 Å². The van der Waals surface area contributed by atoms with Gasteiger partial charge in [0.15, 0.2) is 0 Å². The van der Waals surface area contributed by atoms with Crippen molar-refractivity contribution in [2.45, 2.75) is 20.3 Å². The second-order valence-corrected chi connectivity index (χ2v) is 6.17. The average molecular weight is 339 g/mol. The predicted molar refractivity (Wildman–Crippen MR) is 103 cm³/mol. The number of hydrogen-bond acceptors (Lipinski definition) is 4. The van der Waals surface area contributed by atoms with E-state index < -0.39 is 0 Å². The fraction of sp³-hybridized carbons (Fsp3) is 0.158. The molecule has 0 aromatic rings. The third-order valence-electron chi connectivity index (χ3n) is 3.29. The van der Waals surface area contributed by atoms with Gasteiger partial charge in [-0.2, -0.15) is 0 Å². The van der Waals surface area contributed by atoms with Gasteiger partial charge in [0.2, 0.25) is 5.91 Å². The average Bonchev–Trinajstić information content (AvgIpc) is 2.90. The number of fused-ring (bicyclic) bond motifs is 2. The van der Waals surface area contributed by atoms with Crippen molar-refractivity contribution in [1.82, 2.24) is 10.0 Å². The number of aliphatic imine (C=N–C) groups is 1. The van der Waals surface area contributed by atoms with E-state index in [0.29, 0.717) is 0 Å². The summed E-state index contributed by atoms with van der Waals surface area (Å²) in [5.74, 6) is -0.0923. The van der Waals surface area contributed by atoms with Crippen LogP contribution in [0.25, 0.3) is 0 Å². The molecule has 0 aromatic heterocycles.